The lowest BCUT2D eigenvalue weighted by Gasteiger charge is -2.34. The third-order valence-electron chi connectivity index (χ3n) is 4.63. The van der Waals surface area contributed by atoms with Gasteiger partial charge in [-0.1, -0.05) is 37.6 Å². The monoisotopic (exact) mass is 320 g/mol. The van der Waals surface area contributed by atoms with Gasteiger partial charge in [0.25, 0.3) is 0 Å². The molecule has 1 atom stereocenters. The Hall–Kier alpha value is -1.39. The Morgan fingerprint density at radius 2 is 1.86 bits per heavy atom. The number of halogens is 1. The van der Waals surface area contributed by atoms with Gasteiger partial charge >= 0.3 is 0 Å². The Morgan fingerprint density at radius 1 is 1.18 bits per heavy atom. The summed E-state index contributed by atoms with van der Waals surface area (Å²) in [5.41, 5.74) is 0.904. The smallest absolute Gasteiger partial charge is 0.227 e. The highest BCUT2D eigenvalue weighted by Crippen LogP contribution is 2.41. The van der Waals surface area contributed by atoms with Gasteiger partial charge in [-0.15, -0.1) is 10.2 Å². The van der Waals surface area contributed by atoms with Crippen molar-refractivity contribution in [2.45, 2.75) is 44.4 Å². The lowest BCUT2D eigenvalue weighted by molar-refractivity contribution is 0.0539. The van der Waals surface area contributed by atoms with Crippen molar-refractivity contribution in [2.24, 2.45) is 0 Å². The predicted octanol–water partition coefficient (Wildman–Crippen LogP) is 4.33. The van der Waals surface area contributed by atoms with E-state index >= 15 is 0 Å². The quantitative estimate of drug-likeness (QED) is 0.841. The molecule has 0 bridgehead atoms. The van der Waals surface area contributed by atoms with Crippen molar-refractivity contribution in [3.05, 3.63) is 46.6 Å². The first kappa shape index (κ1) is 15.5. The zero-order chi connectivity index (χ0) is 15.6. The highest BCUT2D eigenvalue weighted by molar-refractivity contribution is 6.30. The molecule has 0 N–H and O–H groups in total. The van der Waals surface area contributed by atoms with Gasteiger partial charge in [-0.2, -0.15) is 0 Å². The first-order chi connectivity index (χ1) is 10.7. The fraction of sp³-hybridized carbons (Fsp3) is 0.529. The van der Waals surface area contributed by atoms with Crippen LogP contribution in [0.15, 0.2) is 28.7 Å². The van der Waals surface area contributed by atoms with Crippen LogP contribution in [0.1, 0.15) is 56.4 Å². The number of benzene rings is 1. The van der Waals surface area contributed by atoms with Crippen molar-refractivity contribution in [3.63, 3.8) is 0 Å². The van der Waals surface area contributed by atoms with E-state index in [-0.39, 0.29) is 11.3 Å². The number of ether oxygens (including phenoxy) is 1. The molecule has 118 valence electrons. The molecule has 0 amide bonds. The molecule has 1 unspecified atom stereocenters. The Morgan fingerprint density at radius 3 is 2.50 bits per heavy atom. The van der Waals surface area contributed by atoms with Gasteiger partial charge < -0.3 is 9.15 Å². The topological polar surface area (TPSA) is 48.2 Å². The van der Waals surface area contributed by atoms with Crippen LogP contribution in [0.25, 0.3) is 0 Å². The first-order valence-corrected chi connectivity index (χ1v) is 8.21. The third-order valence-corrected chi connectivity index (χ3v) is 4.88. The molecule has 1 aromatic carbocycles. The van der Waals surface area contributed by atoms with Gasteiger partial charge in [-0.05, 0) is 37.0 Å². The van der Waals surface area contributed by atoms with Crippen LogP contribution in [0.4, 0.5) is 0 Å². The van der Waals surface area contributed by atoms with Gasteiger partial charge in [-0.25, -0.2) is 0 Å². The maximum atomic E-state index is 6.05. The minimum absolute atomic E-state index is 0.262. The molecule has 1 aromatic heterocycles. The van der Waals surface area contributed by atoms with Crippen LogP contribution in [0.5, 0.6) is 0 Å². The van der Waals surface area contributed by atoms with Crippen molar-refractivity contribution in [2.75, 3.05) is 13.2 Å². The second kappa shape index (κ2) is 6.39. The maximum absolute atomic E-state index is 6.05. The molecule has 0 spiro atoms. The van der Waals surface area contributed by atoms with E-state index in [4.69, 9.17) is 20.8 Å². The highest BCUT2D eigenvalue weighted by atomic mass is 35.5. The van der Waals surface area contributed by atoms with Crippen LogP contribution in [0.3, 0.4) is 0 Å². The molecule has 5 heteroatoms. The zero-order valence-corrected chi connectivity index (χ0v) is 13.8. The number of nitrogens with zero attached hydrogens (tertiary/aromatic N) is 2. The fourth-order valence-electron chi connectivity index (χ4n) is 2.92. The summed E-state index contributed by atoms with van der Waals surface area (Å²) in [6, 6.07) is 7.95. The molecule has 3 rings (SSSR count). The van der Waals surface area contributed by atoms with Crippen LogP contribution >= 0.6 is 11.6 Å². The van der Waals surface area contributed by atoms with E-state index in [9.17, 15) is 0 Å². The van der Waals surface area contributed by atoms with E-state index in [1.807, 2.05) is 12.1 Å². The van der Waals surface area contributed by atoms with Crippen molar-refractivity contribution < 1.29 is 9.15 Å². The third kappa shape index (κ3) is 2.77. The summed E-state index contributed by atoms with van der Waals surface area (Å²) >= 11 is 6.03. The van der Waals surface area contributed by atoms with Gasteiger partial charge in [0.1, 0.15) is 0 Å². The zero-order valence-electron chi connectivity index (χ0n) is 13.0. The summed E-state index contributed by atoms with van der Waals surface area (Å²) in [6.45, 7) is 5.63. The fourth-order valence-corrected chi connectivity index (χ4v) is 3.04. The molecule has 1 aliphatic rings. The first-order valence-electron chi connectivity index (χ1n) is 7.83. The SMILES string of the molecule is CCC(C)c1nnc(C2(c3ccc(Cl)cc3)CCOCC2)o1. The summed E-state index contributed by atoms with van der Waals surface area (Å²) in [6.07, 6.45) is 2.67. The Labute approximate surface area is 135 Å². The van der Waals surface area contributed by atoms with Gasteiger partial charge in [0.05, 0.1) is 5.41 Å². The number of aromatic nitrogens is 2. The molecule has 0 aliphatic carbocycles. The van der Waals surface area contributed by atoms with Crippen LogP contribution in [-0.4, -0.2) is 23.4 Å². The Kier molecular flexibility index (Phi) is 4.50. The molecule has 22 heavy (non-hydrogen) atoms. The number of hydrogen-bond acceptors (Lipinski definition) is 4. The van der Waals surface area contributed by atoms with Crippen molar-refractivity contribution in [1.82, 2.24) is 10.2 Å². The standard InChI is InChI=1S/C17H21ClN2O2/c1-3-12(2)15-19-20-16(22-15)17(8-10-21-11-9-17)13-4-6-14(18)7-5-13/h4-7,12H,3,8-11H2,1-2H3. The van der Waals surface area contributed by atoms with Gasteiger partial charge in [0.2, 0.25) is 11.8 Å². The minimum atomic E-state index is -0.262. The largest absolute Gasteiger partial charge is 0.424 e. The van der Waals surface area contributed by atoms with Gasteiger partial charge in [-0.3, -0.25) is 0 Å². The van der Waals surface area contributed by atoms with Gasteiger partial charge in [0.15, 0.2) is 0 Å². The average Bonchev–Trinajstić information content (AvgIpc) is 3.06. The van der Waals surface area contributed by atoms with Crippen molar-refractivity contribution >= 4 is 11.6 Å². The van der Waals surface area contributed by atoms with Crippen molar-refractivity contribution in [3.8, 4) is 0 Å². The Balaban J connectivity index is 2.02. The van der Waals surface area contributed by atoms with Crippen LogP contribution in [0, 0.1) is 0 Å². The lowest BCUT2D eigenvalue weighted by Crippen LogP contribution is -2.35. The summed E-state index contributed by atoms with van der Waals surface area (Å²) in [5.74, 6) is 1.70. The molecule has 0 saturated carbocycles. The van der Waals surface area contributed by atoms with Crippen LogP contribution in [0.2, 0.25) is 5.02 Å². The van der Waals surface area contributed by atoms with Gasteiger partial charge in [0, 0.05) is 24.2 Å². The van der Waals surface area contributed by atoms with E-state index in [2.05, 4.69) is 36.2 Å². The molecule has 4 nitrogen and oxygen atoms in total. The molecule has 0 radical (unpaired) electrons. The van der Waals surface area contributed by atoms with E-state index in [1.165, 1.54) is 5.56 Å². The van der Waals surface area contributed by atoms with E-state index in [1.54, 1.807) is 0 Å². The van der Waals surface area contributed by atoms with Crippen molar-refractivity contribution in [1.29, 1.82) is 0 Å². The predicted molar refractivity (Wildman–Crippen MR) is 85.3 cm³/mol. The number of rotatable bonds is 4. The molecule has 2 heterocycles. The second-order valence-electron chi connectivity index (χ2n) is 5.96. The molecule has 2 aromatic rings. The second-order valence-corrected chi connectivity index (χ2v) is 6.39. The van der Waals surface area contributed by atoms with E-state index in [0.29, 0.717) is 19.1 Å². The summed E-state index contributed by atoms with van der Waals surface area (Å²) in [7, 11) is 0. The molecular weight excluding hydrogens is 300 g/mol. The lowest BCUT2D eigenvalue weighted by atomic mass is 9.74. The average molecular weight is 321 g/mol. The van der Waals surface area contributed by atoms with Crippen LogP contribution < -0.4 is 0 Å². The summed E-state index contributed by atoms with van der Waals surface area (Å²) in [5, 5.41) is 9.37. The normalized spacial score (nSPS) is 19.0. The summed E-state index contributed by atoms with van der Waals surface area (Å²) < 4.78 is 11.6. The summed E-state index contributed by atoms with van der Waals surface area (Å²) in [4.78, 5) is 0. The molecular formula is C17H21ClN2O2. The number of hydrogen-bond donors (Lipinski definition) is 0. The molecule has 1 fully saturated rings. The highest BCUT2D eigenvalue weighted by Gasteiger charge is 2.41. The maximum Gasteiger partial charge on any atom is 0.227 e. The van der Waals surface area contributed by atoms with Crippen LogP contribution in [-0.2, 0) is 10.2 Å². The molecule has 1 aliphatic heterocycles. The minimum Gasteiger partial charge on any atom is -0.424 e. The van der Waals surface area contributed by atoms with E-state index < -0.39 is 0 Å². The van der Waals surface area contributed by atoms with E-state index in [0.717, 1.165) is 30.2 Å². The molecule has 1 saturated heterocycles. The Bertz CT molecular complexity index is 618.